The number of hydrogen-bond acceptors (Lipinski definition) is 3. The van der Waals surface area contributed by atoms with Crippen LogP contribution in [0.2, 0.25) is 0 Å². The normalized spacial score (nSPS) is 34.5. The highest BCUT2D eigenvalue weighted by Crippen LogP contribution is 2.26. The summed E-state index contributed by atoms with van der Waals surface area (Å²) in [4.78, 5) is 5.26. The van der Waals surface area contributed by atoms with Gasteiger partial charge in [-0.05, 0) is 32.7 Å². The fourth-order valence-corrected chi connectivity index (χ4v) is 3.60. The first-order valence-electron chi connectivity index (χ1n) is 6.92. The predicted octanol–water partition coefficient (Wildman–Crippen LogP) is 1.31. The molecule has 100 valence electrons. The molecule has 4 unspecified atom stereocenters. The van der Waals surface area contributed by atoms with Crippen LogP contribution in [0.3, 0.4) is 0 Å². The quantitative estimate of drug-likeness (QED) is 0.760. The van der Waals surface area contributed by atoms with Crippen molar-refractivity contribution in [1.82, 2.24) is 9.80 Å². The van der Waals surface area contributed by atoms with Gasteiger partial charge in [-0.1, -0.05) is 6.92 Å². The lowest BCUT2D eigenvalue weighted by molar-refractivity contribution is 0.0502. The van der Waals surface area contributed by atoms with E-state index in [1.165, 1.54) is 38.9 Å². The minimum Gasteiger partial charge on any atom is -0.298 e. The van der Waals surface area contributed by atoms with Crippen LogP contribution in [0.25, 0.3) is 0 Å². The summed E-state index contributed by atoms with van der Waals surface area (Å²) < 4.78 is 11.5. The van der Waals surface area contributed by atoms with Gasteiger partial charge in [0.1, 0.15) is 0 Å². The Morgan fingerprint density at radius 2 is 2.18 bits per heavy atom. The highest BCUT2D eigenvalue weighted by Gasteiger charge is 2.35. The Bertz CT molecular complexity index is 285. The van der Waals surface area contributed by atoms with Gasteiger partial charge in [0.25, 0.3) is 0 Å². The van der Waals surface area contributed by atoms with E-state index in [0.29, 0.717) is 11.3 Å². The van der Waals surface area contributed by atoms with Gasteiger partial charge < -0.3 is 0 Å². The zero-order valence-corrected chi connectivity index (χ0v) is 12.2. The van der Waals surface area contributed by atoms with E-state index in [1.54, 1.807) is 0 Å². The van der Waals surface area contributed by atoms with Crippen molar-refractivity contribution in [2.24, 2.45) is 0 Å². The Morgan fingerprint density at radius 1 is 1.41 bits per heavy atom. The lowest BCUT2D eigenvalue weighted by atomic mass is 10.0. The molecular weight excluding hydrogens is 232 g/mol. The predicted molar refractivity (Wildman–Crippen MR) is 73.8 cm³/mol. The molecule has 0 spiro atoms. The Hall–Kier alpha value is 0.0700. The number of fused-ring (bicyclic) bond motifs is 1. The molecule has 2 aliphatic rings. The molecule has 0 aliphatic carbocycles. The molecule has 4 heteroatoms. The van der Waals surface area contributed by atoms with Gasteiger partial charge in [-0.2, -0.15) is 0 Å². The lowest BCUT2D eigenvalue weighted by Crippen LogP contribution is -2.57. The summed E-state index contributed by atoms with van der Waals surface area (Å²) in [5.41, 5.74) is 0. The van der Waals surface area contributed by atoms with Crippen LogP contribution in [-0.2, 0) is 10.8 Å². The molecule has 0 saturated carbocycles. The Morgan fingerprint density at radius 3 is 2.82 bits per heavy atom. The third kappa shape index (κ3) is 3.09. The van der Waals surface area contributed by atoms with Crippen LogP contribution in [0.5, 0.6) is 0 Å². The van der Waals surface area contributed by atoms with Crippen LogP contribution < -0.4 is 0 Å². The first kappa shape index (κ1) is 13.5. The first-order valence-corrected chi connectivity index (χ1v) is 8.54. The Balaban J connectivity index is 1.96. The summed E-state index contributed by atoms with van der Waals surface area (Å²) in [6.45, 7) is 9.12. The molecule has 2 heterocycles. The summed E-state index contributed by atoms with van der Waals surface area (Å²) in [5, 5.41) is 0.303. The van der Waals surface area contributed by atoms with Crippen molar-refractivity contribution in [3.63, 3.8) is 0 Å². The van der Waals surface area contributed by atoms with Gasteiger partial charge in [0.2, 0.25) is 0 Å². The number of nitrogens with zero attached hydrogens (tertiary/aromatic N) is 2. The maximum Gasteiger partial charge on any atom is 0.0444 e. The Kier molecular flexibility index (Phi) is 4.61. The van der Waals surface area contributed by atoms with Gasteiger partial charge >= 0.3 is 0 Å². The van der Waals surface area contributed by atoms with Crippen LogP contribution in [0.1, 0.15) is 33.1 Å². The monoisotopic (exact) mass is 258 g/mol. The SMILES string of the molecule is CCC1CN2CCCC2CN1CC(C)S(C)=O. The number of piperazine rings is 1. The van der Waals surface area contributed by atoms with Gasteiger partial charge in [0.05, 0.1) is 0 Å². The molecule has 0 aromatic carbocycles. The summed E-state index contributed by atoms with van der Waals surface area (Å²) in [7, 11) is -0.691. The third-order valence-electron chi connectivity index (χ3n) is 4.44. The van der Waals surface area contributed by atoms with Gasteiger partial charge in [-0.3, -0.25) is 14.0 Å². The number of rotatable bonds is 4. The molecule has 0 aromatic rings. The minimum atomic E-state index is -0.691. The highest BCUT2D eigenvalue weighted by atomic mass is 32.2. The molecule has 4 atom stereocenters. The van der Waals surface area contributed by atoms with Crippen molar-refractivity contribution in [2.45, 2.75) is 50.4 Å². The van der Waals surface area contributed by atoms with E-state index in [4.69, 9.17) is 0 Å². The van der Waals surface area contributed by atoms with Gasteiger partial charge in [0.15, 0.2) is 0 Å². The molecule has 2 aliphatic heterocycles. The molecular formula is C13H26N2OS. The summed E-state index contributed by atoms with van der Waals surface area (Å²) in [6, 6.07) is 1.45. The smallest absolute Gasteiger partial charge is 0.0444 e. The van der Waals surface area contributed by atoms with Crippen molar-refractivity contribution in [1.29, 1.82) is 0 Å². The van der Waals surface area contributed by atoms with E-state index in [2.05, 4.69) is 23.6 Å². The maximum atomic E-state index is 11.5. The third-order valence-corrected chi connectivity index (χ3v) is 5.72. The highest BCUT2D eigenvalue weighted by molar-refractivity contribution is 7.84. The molecule has 0 bridgehead atoms. The second-order valence-electron chi connectivity index (χ2n) is 5.62. The number of hydrogen-bond donors (Lipinski definition) is 0. The van der Waals surface area contributed by atoms with Crippen LogP contribution in [0, 0.1) is 0 Å². The average molecular weight is 258 g/mol. The van der Waals surface area contributed by atoms with Crippen molar-refractivity contribution >= 4 is 10.8 Å². The lowest BCUT2D eigenvalue weighted by Gasteiger charge is -2.44. The zero-order chi connectivity index (χ0) is 12.4. The summed E-state index contributed by atoms with van der Waals surface area (Å²) >= 11 is 0. The van der Waals surface area contributed by atoms with Gasteiger partial charge in [-0.25, -0.2) is 0 Å². The van der Waals surface area contributed by atoms with Crippen molar-refractivity contribution in [3.8, 4) is 0 Å². The summed E-state index contributed by atoms with van der Waals surface area (Å²) in [5.74, 6) is 0. The molecule has 2 rings (SSSR count). The van der Waals surface area contributed by atoms with E-state index in [-0.39, 0.29) is 0 Å². The van der Waals surface area contributed by atoms with Crippen molar-refractivity contribution in [2.75, 3.05) is 32.4 Å². The van der Waals surface area contributed by atoms with Crippen molar-refractivity contribution < 1.29 is 4.21 Å². The zero-order valence-electron chi connectivity index (χ0n) is 11.4. The topological polar surface area (TPSA) is 23.6 Å². The summed E-state index contributed by atoms with van der Waals surface area (Å²) in [6.07, 6.45) is 5.77. The van der Waals surface area contributed by atoms with Crippen LogP contribution >= 0.6 is 0 Å². The van der Waals surface area contributed by atoms with E-state index < -0.39 is 10.8 Å². The molecule has 17 heavy (non-hydrogen) atoms. The minimum absolute atomic E-state index is 0.303. The van der Waals surface area contributed by atoms with Gasteiger partial charge in [-0.15, -0.1) is 0 Å². The van der Waals surface area contributed by atoms with Crippen molar-refractivity contribution in [3.05, 3.63) is 0 Å². The molecule has 0 radical (unpaired) electrons. The van der Waals surface area contributed by atoms with Gasteiger partial charge in [0, 0.05) is 54.0 Å². The second-order valence-corrected chi connectivity index (χ2v) is 7.42. The maximum absolute atomic E-state index is 11.5. The second kappa shape index (κ2) is 5.81. The molecule has 2 fully saturated rings. The molecule has 3 nitrogen and oxygen atoms in total. The van der Waals surface area contributed by atoms with E-state index in [0.717, 1.165) is 12.6 Å². The molecule has 2 saturated heterocycles. The van der Waals surface area contributed by atoms with Crippen LogP contribution in [0.15, 0.2) is 0 Å². The van der Waals surface area contributed by atoms with E-state index in [9.17, 15) is 4.21 Å². The fourth-order valence-electron chi connectivity index (χ4n) is 3.19. The largest absolute Gasteiger partial charge is 0.298 e. The molecule has 0 N–H and O–H groups in total. The average Bonchev–Trinajstić information content (AvgIpc) is 2.74. The van der Waals surface area contributed by atoms with Crippen LogP contribution in [0.4, 0.5) is 0 Å². The fraction of sp³-hybridized carbons (Fsp3) is 1.00. The van der Waals surface area contributed by atoms with E-state index >= 15 is 0 Å². The molecule has 0 aromatic heterocycles. The van der Waals surface area contributed by atoms with Crippen LogP contribution in [-0.4, -0.2) is 63.8 Å². The standard InChI is InChI=1S/C13H26N2OS/c1-4-12-9-14-7-5-6-13(14)10-15(12)8-11(2)17(3)16/h11-13H,4-10H2,1-3H3. The van der Waals surface area contributed by atoms with E-state index in [1.807, 2.05) is 6.26 Å². The first-order chi connectivity index (χ1) is 8.11. The molecule has 0 amide bonds. The Labute approximate surface area is 108 Å².